The Labute approximate surface area is 188 Å². The summed E-state index contributed by atoms with van der Waals surface area (Å²) in [6, 6.07) is 19.8. The molecule has 2 aromatic carbocycles. The van der Waals surface area contributed by atoms with Gasteiger partial charge >= 0.3 is 0 Å². The van der Waals surface area contributed by atoms with E-state index in [9.17, 15) is 9.59 Å². The highest BCUT2D eigenvalue weighted by atomic mass is 32.1. The van der Waals surface area contributed by atoms with Crippen LogP contribution in [0.5, 0.6) is 0 Å². The molecule has 4 nitrogen and oxygen atoms in total. The van der Waals surface area contributed by atoms with Gasteiger partial charge in [-0.15, -0.1) is 11.3 Å². The van der Waals surface area contributed by atoms with Crippen LogP contribution in [-0.2, 0) is 11.2 Å². The highest BCUT2D eigenvalue weighted by molar-refractivity contribution is 7.10. The predicted octanol–water partition coefficient (Wildman–Crippen LogP) is 5.08. The van der Waals surface area contributed by atoms with Crippen LogP contribution in [0.15, 0.2) is 66.0 Å². The van der Waals surface area contributed by atoms with Gasteiger partial charge in [-0.1, -0.05) is 55.0 Å². The Morgan fingerprint density at radius 2 is 1.81 bits per heavy atom. The fourth-order valence-electron chi connectivity index (χ4n) is 4.23. The minimum Gasteiger partial charge on any atom is -0.330 e. The molecule has 1 unspecified atom stereocenters. The zero-order chi connectivity index (χ0) is 21.8. The molecule has 1 aliphatic rings. The smallest absolute Gasteiger partial charge is 0.254 e. The average molecular weight is 433 g/mol. The lowest BCUT2D eigenvalue weighted by Gasteiger charge is -2.37. The summed E-state index contributed by atoms with van der Waals surface area (Å²) in [5.41, 5.74) is 4.07. The average Bonchev–Trinajstić information content (AvgIpc) is 3.27. The SMILES string of the molecule is CCCN(CC(=O)N1CCc2sccc2C1c1ccccc1)C(=O)c1ccc(C)cc1. The van der Waals surface area contributed by atoms with Gasteiger partial charge in [0.1, 0.15) is 6.54 Å². The van der Waals surface area contributed by atoms with Crippen molar-refractivity contribution in [2.45, 2.75) is 32.7 Å². The number of nitrogens with zero attached hydrogens (tertiary/aromatic N) is 2. The van der Waals surface area contributed by atoms with Gasteiger partial charge in [-0.25, -0.2) is 0 Å². The van der Waals surface area contributed by atoms with Crippen LogP contribution in [0.3, 0.4) is 0 Å². The van der Waals surface area contributed by atoms with Crippen molar-refractivity contribution in [3.8, 4) is 0 Å². The zero-order valence-corrected chi connectivity index (χ0v) is 18.9. The fraction of sp³-hybridized carbons (Fsp3) is 0.308. The number of hydrogen-bond acceptors (Lipinski definition) is 3. The number of amides is 2. The lowest BCUT2D eigenvalue weighted by Crippen LogP contribution is -2.47. The zero-order valence-electron chi connectivity index (χ0n) is 18.1. The molecule has 1 aromatic heterocycles. The summed E-state index contributed by atoms with van der Waals surface area (Å²) >= 11 is 1.76. The molecular weight excluding hydrogens is 404 g/mol. The molecule has 0 saturated heterocycles. The molecule has 1 aliphatic heterocycles. The molecule has 2 amide bonds. The van der Waals surface area contributed by atoms with Crippen LogP contribution in [0.25, 0.3) is 0 Å². The maximum absolute atomic E-state index is 13.5. The van der Waals surface area contributed by atoms with E-state index >= 15 is 0 Å². The van der Waals surface area contributed by atoms with Crippen LogP contribution in [-0.4, -0.2) is 41.2 Å². The second-order valence-electron chi connectivity index (χ2n) is 8.04. The first kappa shape index (κ1) is 21.3. The van der Waals surface area contributed by atoms with Crippen LogP contribution in [0.2, 0.25) is 0 Å². The summed E-state index contributed by atoms with van der Waals surface area (Å²) in [6.07, 6.45) is 1.67. The van der Waals surface area contributed by atoms with Crippen molar-refractivity contribution in [1.82, 2.24) is 9.80 Å². The molecule has 3 aromatic rings. The van der Waals surface area contributed by atoms with E-state index in [1.54, 1.807) is 16.2 Å². The number of benzene rings is 2. The van der Waals surface area contributed by atoms with Crippen molar-refractivity contribution in [2.24, 2.45) is 0 Å². The van der Waals surface area contributed by atoms with E-state index in [0.717, 1.165) is 24.0 Å². The molecule has 2 heterocycles. The standard InChI is InChI=1S/C26H28N2O2S/c1-3-15-27(26(30)21-11-9-19(2)10-12-21)18-24(29)28-16-13-23-22(14-17-31-23)25(28)20-7-5-4-6-8-20/h4-12,14,17,25H,3,13,15-16,18H2,1-2H3. The Morgan fingerprint density at radius 3 is 2.52 bits per heavy atom. The monoisotopic (exact) mass is 432 g/mol. The largest absolute Gasteiger partial charge is 0.330 e. The van der Waals surface area contributed by atoms with Gasteiger partial charge in [0, 0.05) is 23.5 Å². The number of rotatable bonds is 6. The van der Waals surface area contributed by atoms with Crippen LogP contribution in [0, 0.1) is 6.92 Å². The minimum atomic E-state index is -0.0957. The summed E-state index contributed by atoms with van der Waals surface area (Å²) < 4.78 is 0. The van der Waals surface area contributed by atoms with Crippen LogP contribution < -0.4 is 0 Å². The predicted molar refractivity (Wildman–Crippen MR) is 125 cm³/mol. The first-order valence-corrected chi connectivity index (χ1v) is 11.7. The maximum atomic E-state index is 13.5. The van der Waals surface area contributed by atoms with Crippen molar-refractivity contribution < 1.29 is 9.59 Å². The van der Waals surface area contributed by atoms with Gasteiger partial charge in [0.15, 0.2) is 0 Å². The van der Waals surface area contributed by atoms with E-state index in [2.05, 4.69) is 23.6 Å². The molecule has 0 spiro atoms. The second kappa shape index (κ2) is 9.48. The fourth-order valence-corrected chi connectivity index (χ4v) is 5.14. The molecule has 0 radical (unpaired) electrons. The van der Waals surface area contributed by atoms with Gasteiger partial charge in [-0.3, -0.25) is 9.59 Å². The Balaban J connectivity index is 1.59. The molecule has 5 heteroatoms. The third-order valence-electron chi connectivity index (χ3n) is 5.81. The van der Waals surface area contributed by atoms with Gasteiger partial charge in [-0.2, -0.15) is 0 Å². The molecular formula is C26H28N2O2S. The first-order chi connectivity index (χ1) is 15.1. The number of hydrogen-bond donors (Lipinski definition) is 0. The third kappa shape index (κ3) is 4.57. The molecule has 0 saturated carbocycles. The highest BCUT2D eigenvalue weighted by Gasteiger charge is 2.33. The van der Waals surface area contributed by atoms with E-state index < -0.39 is 0 Å². The van der Waals surface area contributed by atoms with Crippen molar-refractivity contribution in [3.05, 3.63) is 93.2 Å². The number of carbonyl (C=O) groups is 2. The van der Waals surface area contributed by atoms with E-state index in [0.29, 0.717) is 18.7 Å². The number of fused-ring (bicyclic) bond motifs is 1. The maximum Gasteiger partial charge on any atom is 0.254 e. The van der Waals surface area contributed by atoms with Crippen molar-refractivity contribution in [2.75, 3.05) is 19.6 Å². The minimum absolute atomic E-state index is 0.000357. The molecule has 31 heavy (non-hydrogen) atoms. The summed E-state index contributed by atoms with van der Waals surface area (Å²) in [7, 11) is 0. The van der Waals surface area contributed by atoms with Crippen molar-refractivity contribution >= 4 is 23.2 Å². The molecule has 160 valence electrons. The lowest BCUT2D eigenvalue weighted by atomic mass is 9.93. The number of aryl methyl sites for hydroxylation is 1. The Bertz CT molecular complexity index is 1040. The lowest BCUT2D eigenvalue weighted by molar-refractivity contribution is -0.134. The molecule has 4 rings (SSSR count). The second-order valence-corrected chi connectivity index (χ2v) is 9.04. The Hall–Kier alpha value is -2.92. The molecule has 0 bridgehead atoms. The Morgan fingerprint density at radius 1 is 1.06 bits per heavy atom. The van der Waals surface area contributed by atoms with E-state index in [1.807, 2.05) is 61.2 Å². The highest BCUT2D eigenvalue weighted by Crippen LogP contribution is 2.37. The first-order valence-electron chi connectivity index (χ1n) is 10.8. The van der Waals surface area contributed by atoms with Gasteiger partial charge in [0.05, 0.1) is 6.04 Å². The van der Waals surface area contributed by atoms with E-state index in [4.69, 9.17) is 0 Å². The molecule has 1 atom stereocenters. The van der Waals surface area contributed by atoms with Gasteiger partial charge < -0.3 is 9.80 Å². The van der Waals surface area contributed by atoms with Crippen LogP contribution >= 0.6 is 11.3 Å². The number of thiophene rings is 1. The summed E-state index contributed by atoms with van der Waals surface area (Å²) in [5.74, 6) is -0.0840. The quantitative estimate of drug-likeness (QED) is 0.545. The summed E-state index contributed by atoms with van der Waals surface area (Å²) in [4.78, 5) is 31.6. The van der Waals surface area contributed by atoms with Crippen LogP contribution in [0.4, 0.5) is 0 Å². The summed E-state index contributed by atoms with van der Waals surface area (Å²) in [6.45, 7) is 5.37. The van der Waals surface area contributed by atoms with Crippen LogP contribution in [0.1, 0.15) is 51.3 Å². The summed E-state index contributed by atoms with van der Waals surface area (Å²) in [5, 5.41) is 2.11. The van der Waals surface area contributed by atoms with Crippen molar-refractivity contribution in [1.29, 1.82) is 0 Å². The van der Waals surface area contributed by atoms with Crippen molar-refractivity contribution in [3.63, 3.8) is 0 Å². The van der Waals surface area contributed by atoms with Gasteiger partial charge in [0.2, 0.25) is 5.91 Å². The molecule has 0 aliphatic carbocycles. The third-order valence-corrected chi connectivity index (χ3v) is 6.80. The Kier molecular flexibility index (Phi) is 6.52. The van der Waals surface area contributed by atoms with Gasteiger partial charge in [-0.05, 0) is 54.5 Å². The molecule has 0 fully saturated rings. The van der Waals surface area contributed by atoms with Gasteiger partial charge in [0.25, 0.3) is 5.91 Å². The van der Waals surface area contributed by atoms with E-state index in [1.165, 1.54) is 10.4 Å². The normalized spacial score (nSPS) is 15.4. The molecule has 0 N–H and O–H groups in total. The number of carbonyl (C=O) groups excluding carboxylic acids is 2. The topological polar surface area (TPSA) is 40.6 Å². The van der Waals surface area contributed by atoms with E-state index in [-0.39, 0.29) is 24.4 Å².